The molecule has 0 saturated heterocycles. The maximum absolute atomic E-state index is 11.9. The highest BCUT2D eigenvalue weighted by atomic mass is 16.4. The standard InChI is InChI=1S/C17H21NO3/c1-11(2)15-18-13-10-12(6-7-14(13)21-15)17(16(19)20)8-4-3-5-9-17/h6-7,10-11H,3-5,8-9H2,1-2H3,(H,19,20). The van der Waals surface area contributed by atoms with E-state index in [2.05, 4.69) is 4.98 Å². The zero-order valence-electron chi connectivity index (χ0n) is 12.6. The van der Waals surface area contributed by atoms with Crippen molar-refractivity contribution in [3.05, 3.63) is 29.7 Å². The molecule has 2 aromatic rings. The van der Waals surface area contributed by atoms with Crippen molar-refractivity contribution in [3.8, 4) is 0 Å². The zero-order chi connectivity index (χ0) is 15.0. The molecule has 0 bridgehead atoms. The van der Waals surface area contributed by atoms with Crippen molar-refractivity contribution in [2.45, 2.75) is 57.3 Å². The first kappa shape index (κ1) is 14.1. The maximum Gasteiger partial charge on any atom is 0.314 e. The third-order valence-electron chi connectivity index (χ3n) is 4.57. The van der Waals surface area contributed by atoms with E-state index in [-0.39, 0.29) is 5.92 Å². The van der Waals surface area contributed by atoms with Crippen LogP contribution in [0.1, 0.15) is 63.3 Å². The molecule has 1 N–H and O–H groups in total. The van der Waals surface area contributed by atoms with Crippen molar-refractivity contribution < 1.29 is 14.3 Å². The lowest BCUT2D eigenvalue weighted by molar-refractivity contribution is -0.145. The minimum atomic E-state index is -0.747. The predicted octanol–water partition coefficient (Wildman–Crippen LogP) is 4.24. The van der Waals surface area contributed by atoms with Crippen molar-refractivity contribution in [3.63, 3.8) is 0 Å². The number of hydrogen-bond acceptors (Lipinski definition) is 3. The number of oxazole rings is 1. The molecule has 0 spiro atoms. The van der Waals surface area contributed by atoms with Crippen LogP contribution < -0.4 is 0 Å². The van der Waals surface area contributed by atoms with Crippen LogP contribution in [0.25, 0.3) is 11.1 Å². The number of fused-ring (bicyclic) bond motifs is 1. The van der Waals surface area contributed by atoms with Gasteiger partial charge < -0.3 is 9.52 Å². The Morgan fingerprint density at radius 1 is 1.29 bits per heavy atom. The molecule has 1 saturated carbocycles. The first-order chi connectivity index (χ1) is 10.0. The molecule has 0 aliphatic heterocycles. The van der Waals surface area contributed by atoms with Gasteiger partial charge in [0.25, 0.3) is 0 Å². The van der Waals surface area contributed by atoms with E-state index in [1.54, 1.807) is 0 Å². The van der Waals surface area contributed by atoms with E-state index >= 15 is 0 Å². The zero-order valence-corrected chi connectivity index (χ0v) is 12.6. The summed E-state index contributed by atoms with van der Waals surface area (Å²) < 4.78 is 5.71. The number of rotatable bonds is 3. The Kier molecular flexibility index (Phi) is 3.47. The summed E-state index contributed by atoms with van der Waals surface area (Å²) in [5, 5.41) is 9.76. The molecule has 1 aliphatic rings. The number of carboxylic acid groups (broad SMARTS) is 1. The summed E-state index contributed by atoms with van der Waals surface area (Å²) in [4.78, 5) is 16.4. The highest BCUT2D eigenvalue weighted by molar-refractivity contribution is 5.84. The molecular formula is C17H21NO3. The van der Waals surface area contributed by atoms with Crippen LogP contribution >= 0.6 is 0 Å². The molecule has 112 valence electrons. The normalized spacial score (nSPS) is 18.2. The molecule has 0 radical (unpaired) electrons. The second-order valence-electron chi connectivity index (χ2n) is 6.34. The second kappa shape index (κ2) is 5.17. The summed E-state index contributed by atoms with van der Waals surface area (Å²) in [5.41, 5.74) is 1.62. The first-order valence-electron chi connectivity index (χ1n) is 7.67. The molecule has 0 unspecified atom stereocenters. The molecule has 3 rings (SSSR count). The van der Waals surface area contributed by atoms with E-state index in [9.17, 15) is 9.90 Å². The van der Waals surface area contributed by atoms with Crippen LogP contribution in [0.5, 0.6) is 0 Å². The van der Waals surface area contributed by atoms with Crippen LogP contribution in [-0.4, -0.2) is 16.1 Å². The Balaban J connectivity index is 2.08. The number of carbonyl (C=O) groups is 1. The summed E-state index contributed by atoms with van der Waals surface area (Å²) in [6, 6.07) is 5.67. The third kappa shape index (κ3) is 2.33. The highest BCUT2D eigenvalue weighted by Crippen LogP contribution is 2.40. The lowest BCUT2D eigenvalue weighted by Gasteiger charge is -2.33. The van der Waals surface area contributed by atoms with E-state index in [0.717, 1.165) is 35.9 Å². The van der Waals surface area contributed by atoms with Gasteiger partial charge in [-0.3, -0.25) is 4.79 Å². The fourth-order valence-corrected chi connectivity index (χ4v) is 3.27. The third-order valence-corrected chi connectivity index (χ3v) is 4.57. The number of hydrogen-bond donors (Lipinski definition) is 1. The van der Waals surface area contributed by atoms with Gasteiger partial charge in [0.2, 0.25) is 0 Å². The van der Waals surface area contributed by atoms with Crippen LogP contribution in [-0.2, 0) is 10.2 Å². The number of aliphatic carboxylic acids is 1. The van der Waals surface area contributed by atoms with Gasteiger partial charge in [0, 0.05) is 5.92 Å². The molecular weight excluding hydrogens is 266 g/mol. The topological polar surface area (TPSA) is 63.3 Å². The van der Waals surface area contributed by atoms with Crippen molar-refractivity contribution in [1.29, 1.82) is 0 Å². The van der Waals surface area contributed by atoms with Crippen molar-refractivity contribution >= 4 is 17.1 Å². The summed E-state index contributed by atoms with van der Waals surface area (Å²) in [6.45, 7) is 4.07. The Morgan fingerprint density at radius 3 is 2.62 bits per heavy atom. The average molecular weight is 287 g/mol. The van der Waals surface area contributed by atoms with Crippen LogP contribution in [0.2, 0.25) is 0 Å². The quantitative estimate of drug-likeness (QED) is 0.917. The summed E-state index contributed by atoms with van der Waals surface area (Å²) >= 11 is 0. The highest BCUT2D eigenvalue weighted by Gasteiger charge is 2.41. The molecule has 0 atom stereocenters. The van der Waals surface area contributed by atoms with Gasteiger partial charge in [-0.15, -0.1) is 0 Å². The molecule has 1 aromatic heterocycles. The number of aromatic nitrogens is 1. The van der Waals surface area contributed by atoms with Gasteiger partial charge in [-0.2, -0.15) is 0 Å². The van der Waals surface area contributed by atoms with Crippen molar-refractivity contribution in [2.24, 2.45) is 0 Å². The number of carboxylic acids is 1. The van der Waals surface area contributed by atoms with Gasteiger partial charge in [0.15, 0.2) is 11.5 Å². The fourth-order valence-electron chi connectivity index (χ4n) is 3.27. The average Bonchev–Trinajstić information content (AvgIpc) is 2.91. The molecule has 1 aliphatic carbocycles. The second-order valence-corrected chi connectivity index (χ2v) is 6.34. The molecule has 4 nitrogen and oxygen atoms in total. The van der Waals surface area contributed by atoms with Crippen molar-refractivity contribution in [1.82, 2.24) is 4.98 Å². The molecule has 4 heteroatoms. The summed E-state index contributed by atoms with van der Waals surface area (Å²) in [5.74, 6) is 0.216. The van der Waals surface area contributed by atoms with Gasteiger partial charge >= 0.3 is 5.97 Å². The number of benzene rings is 1. The predicted molar refractivity (Wildman–Crippen MR) is 80.5 cm³/mol. The smallest absolute Gasteiger partial charge is 0.314 e. The fraction of sp³-hybridized carbons (Fsp3) is 0.529. The molecule has 21 heavy (non-hydrogen) atoms. The molecule has 1 fully saturated rings. The van der Waals surface area contributed by atoms with Crippen LogP contribution in [0, 0.1) is 0 Å². The Bertz CT molecular complexity index is 666. The van der Waals surface area contributed by atoms with E-state index in [4.69, 9.17) is 4.42 Å². The van der Waals surface area contributed by atoms with Gasteiger partial charge in [0.1, 0.15) is 5.52 Å². The largest absolute Gasteiger partial charge is 0.481 e. The van der Waals surface area contributed by atoms with E-state index < -0.39 is 11.4 Å². The van der Waals surface area contributed by atoms with E-state index in [0.29, 0.717) is 18.7 Å². The minimum absolute atomic E-state index is 0.226. The first-order valence-corrected chi connectivity index (χ1v) is 7.67. The SMILES string of the molecule is CC(C)c1nc2cc(C3(C(=O)O)CCCCC3)ccc2o1. The molecule has 0 amide bonds. The van der Waals surface area contributed by atoms with E-state index in [1.165, 1.54) is 0 Å². The van der Waals surface area contributed by atoms with Crippen LogP contribution in [0.4, 0.5) is 0 Å². The van der Waals surface area contributed by atoms with Crippen LogP contribution in [0.3, 0.4) is 0 Å². The van der Waals surface area contributed by atoms with Gasteiger partial charge in [-0.05, 0) is 30.5 Å². The van der Waals surface area contributed by atoms with Gasteiger partial charge in [0.05, 0.1) is 5.41 Å². The monoisotopic (exact) mass is 287 g/mol. The summed E-state index contributed by atoms with van der Waals surface area (Å²) in [7, 11) is 0. The Morgan fingerprint density at radius 2 is 2.00 bits per heavy atom. The van der Waals surface area contributed by atoms with Crippen LogP contribution in [0.15, 0.2) is 22.6 Å². The van der Waals surface area contributed by atoms with Crippen molar-refractivity contribution in [2.75, 3.05) is 0 Å². The van der Waals surface area contributed by atoms with Gasteiger partial charge in [-0.25, -0.2) is 4.98 Å². The molecule has 1 heterocycles. The minimum Gasteiger partial charge on any atom is -0.481 e. The Labute approximate surface area is 124 Å². The molecule has 1 aromatic carbocycles. The lowest BCUT2D eigenvalue weighted by atomic mass is 9.69. The maximum atomic E-state index is 11.9. The van der Waals surface area contributed by atoms with E-state index in [1.807, 2.05) is 32.0 Å². The Hall–Kier alpha value is -1.84. The van der Waals surface area contributed by atoms with Gasteiger partial charge in [-0.1, -0.05) is 39.2 Å². The number of nitrogens with zero attached hydrogens (tertiary/aromatic N) is 1. The lowest BCUT2D eigenvalue weighted by Crippen LogP contribution is -2.37. The summed E-state index contributed by atoms with van der Waals surface area (Å²) in [6.07, 6.45) is 4.49.